The molecule has 3 aromatic rings. The number of anilines is 1. The van der Waals surface area contributed by atoms with E-state index in [1.165, 1.54) is 16.7 Å². The van der Waals surface area contributed by atoms with E-state index in [9.17, 15) is 0 Å². The Morgan fingerprint density at radius 3 is 2.57 bits per heavy atom. The van der Waals surface area contributed by atoms with Crippen LogP contribution in [-0.4, -0.2) is 35.3 Å². The molecule has 0 aliphatic rings. The molecule has 0 aliphatic carbocycles. The Labute approximate surface area is 189 Å². The van der Waals surface area contributed by atoms with Crippen LogP contribution in [0.2, 0.25) is 5.15 Å². The largest absolute Gasteiger partial charge is 0.383 e. The highest BCUT2D eigenvalue weighted by Crippen LogP contribution is 2.26. The second kappa shape index (κ2) is 9.73. The molecule has 158 valence electrons. The fraction of sp³-hybridized carbons (Fsp3) is 0.333. The predicted octanol–water partition coefficient (Wildman–Crippen LogP) is 5.97. The van der Waals surface area contributed by atoms with Crippen molar-refractivity contribution < 1.29 is 4.74 Å². The minimum atomic E-state index is 0.508. The Morgan fingerprint density at radius 2 is 1.83 bits per heavy atom. The number of methoxy groups -OCH3 is 1. The number of aromatic nitrogens is 1. The van der Waals surface area contributed by atoms with Crippen molar-refractivity contribution in [3.8, 4) is 0 Å². The first-order valence-corrected chi connectivity index (χ1v) is 10.8. The minimum absolute atomic E-state index is 0.508. The van der Waals surface area contributed by atoms with Crippen LogP contribution in [0.5, 0.6) is 0 Å². The van der Waals surface area contributed by atoms with Crippen molar-refractivity contribution in [2.75, 3.05) is 25.6 Å². The quantitative estimate of drug-likeness (QED) is 0.377. The van der Waals surface area contributed by atoms with Gasteiger partial charge in [-0.1, -0.05) is 35.9 Å². The highest BCUT2D eigenvalue weighted by Gasteiger charge is 2.16. The van der Waals surface area contributed by atoms with Crippen molar-refractivity contribution in [3.05, 3.63) is 69.4 Å². The van der Waals surface area contributed by atoms with E-state index in [2.05, 4.69) is 67.2 Å². The van der Waals surface area contributed by atoms with E-state index in [4.69, 9.17) is 28.6 Å². The van der Waals surface area contributed by atoms with E-state index in [0.717, 1.165) is 27.7 Å². The zero-order valence-corrected chi connectivity index (χ0v) is 19.7. The van der Waals surface area contributed by atoms with Gasteiger partial charge in [-0.25, -0.2) is 4.98 Å². The monoisotopic (exact) mass is 441 g/mol. The van der Waals surface area contributed by atoms with Gasteiger partial charge in [0.2, 0.25) is 0 Å². The summed E-state index contributed by atoms with van der Waals surface area (Å²) in [5.41, 5.74) is 7.67. The Balaban J connectivity index is 1.89. The van der Waals surface area contributed by atoms with Crippen LogP contribution in [0.25, 0.3) is 10.9 Å². The molecule has 1 aromatic heterocycles. The van der Waals surface area contributed by atoms with Gasteiger partial charge in [0.25, 0.3) is 0 Å². The minimum Gasteiger partial charge on any atom is -0.383 e. The van der Waals surface area contributed by atoms with Crippen LogP contribution in [0.3, 0.4) is 0 Å². The van der Waals surface area contributed by atoms with Crippen LogP contribution >= 0.6 is 23.8 Å². The predicted molar refractivity (Wildman–Crippen MR) is 131 cm³/mol. The second-order valence-corrected chi connectivity index (χ2v) is 8.35. The fourth-order valence-electron chi connectivity index (χ4n) is 3.36. The van der Waals surface area contributed by atoms with Crippen LogP contribution in [0.4, 0.5) is 5.69 Å². The molecule has 6 heteroatoms. The summed E-state index contributed by atoms with van der Waals surface area (Å²) < 4.78 is 5.30. The Bertz CT molecular complexity index is 1080. The molecule has 1 N–H and O–H groups in total. The van der Waals surface area contributed by atoms with E-state index in [0.29, 0.717) is 30.0 Å². The van der Waals surface area contributed by atoms with Gasteiger partial charge in [-0.3, -0.25) is 0 Å². The van der Waals surface area contributed by atoms with E-state index < -0.39 is 0 Å². The number of rotatable bonds is 6. The molecule has 0 saturated heterocycles. The van der Waals surface area contributed by atoms with Gasteiger partial charge in [-0.2, -0.15) is 0 Å². The Morgan fingerprint density at radius 1 is 1.10 bits per heavy atom. The molecule has 0 spiro atoms. The maximum absolute atomic E-state index is 6.58. The van der Waals surface area contributed by atoms with Gasteiger partial charge >= 0.3 is 0 Å². The fourth-order valence-corrected chi connectivity index (χ4v) is 3.82. The van der Waals surface area contributed by atoms with Crippen molar-refractivity contribution in [1.82, 2.24) is 9.88 Å². The van der Waals surface area contributed by atoms with Crippen molar-refractivity contribution in [3.63, 3.8) is 0 Å². The third-order valence-electron chi connectivity index (χ3n) is 5.60. The van der Waals surface area contributed by atoms with Crippen LogP contribution in [0.1, 0.15) is 27.8 Å². The van der Waals surface area contributed by atoms with Crippen LogP contribution < -0.4 is 5.32 Å². The summed E-state index contributed by atoms with van der Waals surface area (Å²) in [6.07, 6.45) is 0. The Hall–Kier alpha value is -2.21. The van der Waals surface area contributed by atoms with E-state index in [1.54, 1.807) is 7.11 Å². The molecule has 0 atom stereocenters. The molecule has 0 radical (unpaired) electrons. The molecule has 0 unspecified atom stereocenters. The zero-order chi connectivity index (χ0) is 21.8. The number of benzene rings is 2. The first-order valence-electron chi connectivity index (χ1n) is 9.98. The number of thiocarbonyl (C=S) groups is 1. The molecule has 0 fully saturated rings. The van der Waals surface area contributed by atoms with Gasteiger partial charge in [0.05, 0.1) is 12.1 Å². The zero-order valence-electron chi connectivity index (χ0n) is 18.2. The van der Waals surface area contributed by atoms with Gasteiger partial charge in [-0.05, 0) is 74.3 Å². The third kappa shape index (κ3) is 4.91. The summed E-state index contributed by atoms with van der Waals surface area (Å²) in [5.74, 6) is 0. The molecule has 2 aromatic carbocycles. The molecule has 3 rings (SSSR count). The average Bonchev–Trinajstić information content (AvgIpc) is 2.72. The number of nitrogens with zero attached hydrogens (tertiary/aromatic N) is 2. The summed E-state index contributed by atoms with van der Waals surface area (Å²) in [6.45, 7) is 10.1. The third-order valence-corrected chi connectivity index (χ3v) is 6.29. The molecule has 0 aliphatic heterocycles. The number of nitrogens with one attached hydrogen (secondary N) is 1. The second-order valence-electron chi connectivity index (χ2n) is 7.61. The number of ether oxygens (including phenoxy) is 1. The van der Waals surface area contributed by atoms with E-state index >= 15 is 0 Å². The smallest absolute Gasteiger partial charge is 0.173 e. The van der Waals surface area contributed by atoms with Crippen molar-refractivity contribution in [1.29, 1.82) is 0 Å². The number of fused-ring (bicyclic) bond motifs is 1. The highest BCUT2D eigenvalue weighted by atomic mass is 35.5. The van der Waals surface area contributed by atoms with Crippen LogP contribution in [0.15, 0.2) is 36.4 Å². The van der Waals surface area contributed by atoms with Crippen molar-refractivity contribution >= 4 is 45.5 Å². The number of hydrogen-bond donors (Lipinski definition) is 1. The SMILES string of the molecule is COCCN(Cc1cc2ccc(C)c(C)c2nc1Cl)C(=S)Nc1cccc(C)c1C. The summed E-state index contributed by atoms with van der Waals surface area (Å²) in [5, 5.41) is 5.62. The van der Waals surface area contributed by atoms with Gasteiger partial charge in [0.15, 0.2) is 5.11 Å². The molecule has 4 nitrogen and oxygen atoms in total. The first kappa shape index (κ1) is 22.5. The molecule has 30 heavy (non-hydrogen) atoms. The van der Waals surface area contributed by atoms with Crippen LogP contribution in [-0.2, 0) is 11.3 Å². The lowest BCUT2D eigenvalue weighted by atomic mass is 10.0. The van der Waals surface area contributed by atoms with Gasteiger partial charge in [0.1, 0.15) is 5.15 Å². The standard InChI is InChI=1S/C24H28ClN3OS/c1-15-7-6-8-21(17(15)3)26-24(30)28(11-12-29-5)14-20-13-19-10-9-16(2)18(4)22(19)27-23(20)25/h6-10,13H,11-12,14H2,1-5H3,(H,26,30). The molecule has 0 bridgehead atoms. The molecular weight excluding hydrogens is 414 g/mol. The highest BCUT2D eigenvalue weighted by molar-refractivity contribution is 7.80. The number of hydrogen-bond acceptors (Lipinski definition) is 3. The average molecular weight is 442 g/mol. The molecule has 0 amide bonds. The number of aryl methyl sites for hydroxylation is 3. The topological polar surface area (TPSA) is 37.4 Å². The van der Waals surface area contributed by atoms with Gasteiger partial charge in [-0.15, -0.1) is 0 Å². The van der Waals surface area contributed by atoms with E-state index in [1.807, 2.05) is 12.1 Å². The lowest BCUT2D eigenvalue weighted by Gasteiger charge is -2.27. The molecule has 1 heterocycles. The lowest BCUT2D eigenvalue weighted by molar-refractivity contribution is 0.175. The van der Waals surface area contributed by atoms with Gasteiger partial charge < -0.3 is 15.0 Å². The van der Waals surface area contributed by atoms with Crippen molar-refractivity contribution in [2.45, 2.75) is 34.2 Å². The number of pyridine rings is 1. The maximum Gasteiger partial charge on any atom is 0.173 e. The first-order chi connectivity index (χ1) is 14.3. The maximum atomic E-state index is 6.58. The van der Waals surface area contributed by atoms with Gasteiger partial charge in [0, 0.05) is 36.8 Å². The summed E-state index contributed by atoms with van der Waals surface area (Å²) in [7, 11) is 1.69. The number of halogens is 1. The summed E-state index contributed by atoms with van der Waals surface area (Å²) in [6, 6.07) is 12.5. The summed E-state index contributed by atoms with van der Waals surface area (Å²) in [4.78, 5) is 6.75. The van der Waals surface area contributed by atoms with Crippen LogP contribution in [0, 0.1) is 27.7 Å². The molecular formula is C24H28ClN3OS. The Kier molecular flexibility index (Phi) is 7.29. The van der Waals surface area contributed by atoms with Crippen molar-refractivity contribution in [2.24, 2.45) is 0 Å². The normalized spacial score (nSPS) is 11.0. The summed E-state index contributed by atoms with van der Waals surface area (Å²) >= 11 is 12.3. The van der Waals surface area contributed by atoms with E-state index in [-0.39, 0.29) is 0 Å². The molecule has 0 saturated carbocycles. The lowest BCUT2D eigenvalue weighted by Crippen LogP contribution is -2.37.